The van der Waals surface area contributed by atoms with Crippen molar-refractivity contribution in [2.24, 2.45) is 0 Å². The summed E-state index contributed by atoms with van der Waals surface area (Å²) in [5, 5.41) is 0. The Morgan fingerprint density at radius 1 is 1.20 bits per heavy atom. The third kappa shape index (κ3) is 3.33. The summed E-state index contributed by atoms with van der Waals surface area (Å²) in [5.41, 5.74) is 4.83. The van der Waals surface area contributed by atoms with E-state index >= 15 is 0 Å². The molecule has 0 amide bonds. The molecule has 0 bridgehead atoms. The first-order valence-electron chi connectivity index (χ1n) is 5.91. The first-order valence-corrected chi connectivity index (χ1v) is 8.88. The Bertz CT molecular complexity index is 639. The van der Waals surface area contributed by atoms with Crippen LogP contribution in [0.1, 0.15) is 12.8 Å². The molecular formula is C11H14F2N2O3S2. The summed E-state index contributed by atoms with van der Waals surface area (Å²) in [6.45, 7) is 0. The van der Waals surface area contributed by atoms with Crippen LogP contribution in [0.25, 0.3) is 0 Å². The predicted molar refractivity (Wildman–Crippen MR) is 72.0 cm³/mol. The number of halogens is 2. The van der Waals surface area contributed by atoms with Crippen LogP contribution in [0.5, 0.6) is 0 Å². The Balaban J connectivity index is 2.22. The molecule has 1 aromatic rings. The maximum absolute atomic E-state index is 13.6. The summed E-state index contributed by atoms with van der Waals surface area (Å²) in [5.74, 6) is -1.39. The number of rotatable bonds is 3. The van der Waals surface area contributed by atoms with Gasteiger partial charge in [-0.15, -0.1) is 0 Å². The van der Waals surface area contributed by atoms with Gasteiger partial charge in [-0.2, -0.15) is 0 Å². The van der Waals surface area contributed by atoms with Gasteiger partial charge in [-0.25, -0.2) is 21.9 Å². The summed E-state index contributed by atoms with van der Waals surface area (Å²) in [4.78, 5) is -0.678. The number of sulfonamides is 1. The molecule has 1 aliphatic rings. The van der Waals surface area contributed by atoms with Gasteiger partial charge in [0.15, 0.2) is 0 Å². The highest BCUT2D eigenvalue weighted by Gasteiger charge is 2.27. The van der Waals surface area contributed by atoms with Crippen LogP contribution in [-0.4, -0.2) is 30.2 Å². The molecule has 0 radical (unpaired) electrons. The second-order valence-corrected chi connectivity index (χ2v) is 7.93. The van der Waals surface area contributed by atoms with Crippen LogP contribution < -0.4 is 10.5 Å². The SMILES string of the molecule is Nc1cc(S(=O)(=O)NC2CCS(=O)CC2)c(F)cc1F. The summed E-state index contributed by atoms with van der Waals surface area (Å²) in [7, 11) is -5.04. The third-order valence-corrected chi connectivity index (χ3v) is 5.97. The summed E-state index contributed by atoms with van der Waals surface area (Å²) in [6.07, 6.45) is 0.842. The summed E-state index contributed by atoms with van der Waals surface area (Å²) < 4.78 is 64.3. The number of hydrogen-bond donors (Lipinski definition) is 2. The lowest BCUT2D eigenvalue weighted by molar-refractivity contribution is 0.511. The van der Waals surface area contributed by atoms with Gasteiger partial charge in [-0.05, 0) is 18.9 Å². The second-order valence-electron chi connectivity index (χ2n) is 4.55. The lowest BCUT2D eigenvalue weighted by Gasteiger charge is -2.22. The minimum atomic E-state index is -4.12. The average Bonchev–Trinajstić information content (AvgIpc) is 2.36. The van der Waals surface area contributed by atoms with Gasteiger partial charge in [0.2, 0.25) is 10.0 Å². The smallest absolute Gasteiger partial charge is 0.243 e. The van der Waals surface area contributed by atoms with Gasteiger partial charge in [-0.3, -0.25) is 4.21 Å². The first kappa shape index (κ1) is 15.3. The number of hydrogen-bond acceptors (Lipinski definition) is 4. The average molecular weight is 324 g/mol. The zero-order valence-corrected chi connectivity index (χ0v) is 12.1. The van der Waals surface area contributed by atoms with Gasteiger partial charge >= 0.3 is 0 Å². The van der Waals surface area contributed by atoms with E-state index in [0.717, 1.165) is 6.07 Å². The number of nitrogens with one attached hydrogen (secondary N) is 1. The second kappa shape index (κ2) is 5.74. The fourth-order valence-electron chi connectivity index (χ4n) is 1.95. The molecule has 0 aliphatic carbocycles. The lowest BCUT2D eigenvalue weighted by atomic mass is 10.2. The maximum atomic E-state index is 13.6. The molecule has 1 aromatic carbocycles. The van der Waals surface area contributed by atoms with E-state index in [0.29, 0.717) is 30.4 Å². The minimum Gasteiger partial charge on any atom is -0.396 e. The molecule has 5 nitrogen and oxygen atoms in total. The van der Waals surface area contributed by atoms with Gasteiger partial charge in [0.1, 0.15) is 16.5 Å². The van der Waals surface area contributed by atoms with Crippen molar-refractivity contribution >= 4 is 26.5 Å². The summed E-state index contributed by atoms with van der Waals surface area (Å²) >= 11 is 0. The fraction of sp³-hybridized carbons (Fsp3) is 0.455. The fourth-order valence-corrected chi connectivity index (χ4v) is 4.64. The Morgan fingerprint density at radius 3 is 2.40 bits per heavy atom. The van der Waals surface area contributed by atoms with Crippen LogP contribution in [0.2, 0.25) is 0 Å². The van der Waals surface area contributed by atoms with E-state index in [1.165, 1.54) is 0 Å². The molecule has 2 rings (SSSR count). The van der Waals surface area contributed by atoms with Crippen molar-refractivity contribution in [1.29, 1.82) is 0 Å². The Kier molecular flexibility index (Phi) is 4.40. The first-order chi connectivity index (χ1) is 9.29. The number of benzene rings is 1. The Labute approximate surface area is 118 Å². The van der Waals surface area contributed by atoms with Crippen molar-refractivity contribution in [1.82, 2.24) is 4.72 Å². The Hall–Kier alpha value is -1.06. The van der Waals surface area contributed by atoms with E-state index in [1.807, 2.05) is 0 Å². The van der Waals surface area contributed by atoms with E-state index in [-0.39, 0.29) is 0 Å². The largest absolute Gasteiger partial charge is 0.396 e. The molecule has 1 fully saturated rings. The van der Waals surface area contributed by atoms with Crippen LogP contribution in [0, 0.1) is 11.6 Å². The van der Waals surface area contributed by atoms with Gasteiger partial charge in [0.05, 0.1) is 5.69 Å². The van der Waals surface area contributed by atoms with Crippen molar-refractivity contribution in [3.8, 4) is 0 Å². The molecule has 0 atom stereocenters. The van der Waals surface area contributed by atoms with Crippen molar-refractivity contribution in [2.45, 2.75) is 23.8 Å². The van der Waals surface area contributed by atoms with Crippen molar-refractivity contribution in [2.75, 3.05) is 17.2 Å². The van der Waals surface area contributed by atoms with Crippen LogP contribution in [0.3, 0.4) is 0 Å². The molecule has 1 aliphatic heterocycles. The van der Waals surface area contributed by atoms with Crippen molar-refractivity contribution in [3.63, 3.8) is 0 Å². The molecule has 0 aromatic heterocycles. The molecule has 0 saturated carbocycles. The zero-order chi connectivity index (χ0) is 14.9. The molecule has 1 heterocycles. The highest BCUT2D eigenvalue weighted by molar-refractivity contribution is 7.89. The molecule has 112 valence electrons. The molecule has 20 heavy (non-hydrogen) atoms. The molecule has 9 heteroatoms. The van der Waals surface area contributed by atoms with Crippen LogP contribution >= 0.6 is 0 Å². The van der Waals surface area contributed by atoms with Crippen LogP contribution in [0.15, 0.2) is 17.0 Å². The molecule has 0 spiro atoms. The predicted octanol–water partition coefficient (Wildman–Crippen LogP) is 0.736. The van der Waals surface area contributed by atoms with Crippen LogP contribution in [0.4, 0.5) is 14.5 Å². The molecular weight excluding hydrogens is 310 g/mol. The number of nitrogen functional groups attached to an aromatic ring is 1. The van der Waals surface area contributed by atoms with Gasteiger partial charge in [0.25, 0.3) is 0 Å². The van der Waals surface area contributed by atoms with E-state index < -0.39 is 49.1 Å². The highest BCUT2D eigenvalue weighted by atomic mass is 32.2. The molecule has 0 unspecified atom stereocenters. The van der Waals surface area contributed by atoms with Gasteiger partial charge < -0.3 is 5.73 Å². The maximum Gasteiger partial charge on any atom is 0.243 e. The van der Waals surface area contributed by atoms with E-state index in [9.17, 15) is 21.4 Å². The lowest BCUT2D eigenvalue weighted by Crippen LogP contribution is -2.39. The third-order valence-electron chi connectivity index (χ3n) is 3.05. The minimum absolute atomic E-state index is 0.400. The highest BCUT2D eigenvalue weighted by Crippen LogP contribution is 2.22. The molecule has 3 N–H and O–H groups in total. The topological polar surface area (TPSA) is 89.3 Å². The normalized spacial score (nSPS) is 23.7. The Morgan fingerprint density at radius 2 is 1.80 bits per heavy atom. The van der Waals surface area contributed by atoms with E-state index in [4.69, 9.17) is 5.73 Å². The molecule has 1 saturated heterocycles. The van der Waals surface area contributed by atoms with Gasteiger partial charge in [0, 0.05) is 34.4 Å². The standard InChI is InChI=1S/C11H14F2N2O3S2/c12-8-5-9(13)11(6-10(8)14)20(17,18)15-7-1-3-19(16)4-2-7/h5-7,15H,1-4,14H2. The van der Waals surface area contributed by atoms with E-state index in [2.05, 4.69) is 4.72 Å². The number of anilines is 1. The quantitative estimate of drug-likeness (QED) is 0.803. The van der Waals surface area contributed by atoms with Crippen molar-refractivity contribution < 1.29 is 21.4 Å². The monoisotopic (exact) mass is 324 g/mol. The van der Waals surface area contributed by atoms with Crippen LogP contribution in [-0.2, 0) is 20.8 Å². The number of nitrogens with two attached hydrogens (primary N) is 1. The van der Waals surface area contributed by atoms with Crippen molar-refractivity contribution in [3.05, 3.63) is 23.8 Å². The zero-order valence-electron chi connectivity index (χ0n) is 10.4. The summed E-state index contributed by atoms with van der Waals surface area (Å²) in [6, 6.07) is 0.803. The van der Waals surface area contributed by atoms with E-state index in [1.54, 1.807) is 0 Å². The van der Waals surface area contributed by atoms with Gasteiger partial charge in [-0.1, -0.05) is 0 Å².